The lowest BCUT2D eigenvalue weighted by molar-refractivity contribution is -0.126. The number of methoxy groups -OCH3 is 1. The smallest absolute Gasteiger partial charge is 0.223 e. The fourth-order valence-corrected chi connectivity index (χ4v) is 6.11. The summed E-state index contributed by atoms with van der Waals surface area (Å²) in [7, 11) is 1.64. The minimum absolute atomic E-state index is 0.113. The molecule has 1 N–H and O–H groups in total. The molecule has 26 heavy (non-hydrogen) atoms. The Kier molecular flexibility index (Phi) is 4.85. The Morgan fingerprint density at radius 1 is 1.08 bits per heavy atom. The summed E-state index contributed by atoms with van der Waals surface area (Å²) in [6, 6.07) is 7.75. The molecule has 4 saturated carbocycles. The van der Waals surface area contributed by atoms with E-state index in [1.165, 1.54) is 38.5 Å². The van der Waals surface area contributed by atoms with Crippen molar-refractivity contribution < 1.29 is 14.3 Å². The summed E-state index contributed by atoms with van der Waals surface area (Å²) in [5, 5.41) is 3.30. The highest BCUT2D eigenvalue weighted by molar-refractivity contribution is 5.76. The van der Waals surface area contributed by atoms with Gasteiger partial charge in [0, 0.05) is 6.04 Å². The summed E-state index contributed by atoms with van der Waals surface area (Å²) in [5.74, 6) is 4.44. The van der Waals surface area contributed by atoms with Gasteiger partial charge in [-0.05, 0) is 92.9 Å². The molecule has 4 fully saturated rings. The zero-order valence-electron chi connectivity index (χ0n) is 16.0. The van der Waals surface area contributed by atoms with E-state index in [9.17, 15) is 4.79 Å². The van der Waals surface area contributed by atoms with Gasteiger partial charge in [0.1, 0.15) is 11.5 Å². The van der Waals surface area contributed by atoms with Crippen molar-refractivity contribution in [2.24, 2.45) is 23.2 Å². The third kappa shape index (κ3) is 3.56. The van der Waals surface area contributed by atoms with Gasteiger partial charge in [-0.15, -0.1) is 0 Å². The van der Waals surface area contributed by atoms with Crippen molar-refractivity contribution in [1.82, 2.24) is 5.32 Å². The van der Waals surface area contributed by atoms with Crippen LogP contribution in [0.25, 0.3) is 0 Å². The minimum Gasteiger partial charge on any atom is -0.497 e. The number of ether oxygens (including phenoxy) is 2. The van der Waals surface area contributed by atoms with Gasteiger partial charge in [0.15, 0.2) is 0 Å². The van der Waals surface area contributed by atoms with Crippen molar-refractivity contribution in [3.8, 4) is 11.5 Å². The van der Waals surface area contributed by atoms with E-state index in [0.717, 1.165) is 29.3 Å². The van der Waals surface area contributed by atoms with Gasteiger partial charge in [-0.25, -0.2) is 0 Å². The second kappa shape index (κ2) is 7.13. The lowest BCUT2D eigenvalue weighted by Crippen LogP contribution is -2.55. The van der Waals surface area contributed by atoms with Crippen molar-refractivity contribution in [2.45, 2.75) is 57.9 Å². The van der Waals surface area contributed by atoms with Crippen LogP contribution < -0.4 is 14.8 Å². The first-order chi connectivity index (χ1) is 12.6. The molecule has 1 amide bonds. The molecular weight excluding hydrogens is 326 g/mol. The number of benzene rings is 1. The summed E-state index contributed by atoms with van der Waals surface area (Å²) < 4.78 is 10.8. The first-order valence-electron chi connectivity index (χ1n) is 10.1. The van der Waals surface area contributed by atoms with Crippen LogP contribution in [-0.2, 0) is 4.79 Å². The zero-order chi connectivity index (χ0) is 18.1. The average molecular weight is 357 g/mol. The Labute approximate surface area is 156 Å². The fraction of sp³-hybridized carbons (Fsp3) is 0.682. The van der Waals surface area contributed by atoms with Crippen molar-refractivity contribution in [2.75, 3.05) is 13.7 Å². The lowest BCUT2D eigenvalue weighted by Gasteiger charge is -2.59. The number of hydrogen-bond donors (Lipinski definition) is 1. The third-order valence-electron chi connectivity index (χ3n) is 7.04. The monoisotopic (exact) mass is 357 g/mol. The molecule has 1 aromatic carbocycles. The van der Waals surface area contributed by atoms with E-state index < -0.39 is 0 Å². The van der Waals surface area contributed by atoms with E-state index in [1.807, 2.05) is 24.3 Å². The number of carbonyl (C=O) groups excluding carboxylic acids is 1. The average Bonchev–Trinajstić information content (AvgIpc) is 2.61. The van der Waals surface area contributed by atoms with E-state index in [2.05, 4.69) is 12.2 Å². The molecule has 0 saturated heterocycles. The minimum atomic E-state index is 0.113. The Morgan fingerprint density at radius 3 is 2.15 bits per heavy atom. The van der Waals surface area contributed by atoms with Crippen molar-refractivity contribution in [3.05, 3.63) is 24.3 Å². The Hall–Kier alpha value is -1.71. The number of nitrogens with one attached hydrogen (secondary N) is 1. The number of hydrogen-bond acceptors (Lipinski definition) is 3. The van der Waals surface area contributed by atoms with E-state index in [1.54, 1.807) is 7.11 Å². The van der Waals surface area contributed by atoms with E-state index >= 15 is 0 Å². The molecule has 142 valence electrons. The standard InChI is InChI=1S/C22H31NO3/c1-15(22-12-16-9-17(13-22)11-18(10-16)14-22)23-21(24)7-8-26-20-5-3-19(25-2)4-6-20/h3-6,15-18H,7-14H2,1-2H3,(H,23,24). The van der Waals surface area contributed by atoms with Crippen LogP contribution in [0.15, 0.2) is 24.3 Å². The Balaban J connectivity index is 1.25. The summed E-state index contributed by atoms with van der Waals surface area (Å²) >= 11 is 0. The predicted molar refractivity (Wildman–Crippen MR) is 101 cm³/mol. The second-order valence-corrected chi connectivity index (χ2v) is 8.84. The summed E-state index contributed by atoms with van der Waals surface area (Å²) in [5.41, 5.74) is 0.362. The van der Waals surface area contributed by atoms with Crippen LogP contribution in [0.4, 0.5) is 0 Å². The van der Waals surface area contributed by atoms with Crippen LogP contribution in [0.2, 0.25) is 0 Å². The van der Waals surface area contributed by atoms with Gasteiger partial charge >= 0.3 is 0 Å². The molecule has 1 atom stereocenters. The molecule has 4 bridgehead atoms. The highest BCUT2D eigenvalue weighted by atomic mass is 16.5. The molecule has 1 unspecified atom stereocenters. The number of carbonyl (C=O) groups is 1. The quantitative estimate of drug-likeness (QED) is 0.796. The van der Waals surface area contributed by atoms with Gasteiger partial charge in [-0.2, -0.15) is 0 Å². The normalized spacial score (nSPS) is 32.9. The largest absolute Gasteiger partial charge is 0.497 e. The maximum absolute atomic E-state index is 12.4. The third-order valence-corrected chi connectivity index (χ3v) is 7.04. The van der Waals surface area contributed by atoms with Crippen molar-refractivity contribution >= 4 is 5.91 Å². The highest BCUT2D eigenvalue weighted by Gasteiger charge is 2.53. The SMILES string of the molecule is COc1ccc(OCCC(=O)NC(C)C23CC4CC(CC(C4)C2)C3)cc1. The van der Waals surface area contributed by atoms with E-state index in [4.69, 9.17) is 9.47 Å². The number of rotatable bonds is 7. The molecule has 4 nitrogen and oxygen atoms in total. The molecule has 4 aliphatic rings. The van der Waals surface area contributed by atoms with Gasteiger partial charge in [0.2, 0.25) is 5.91 Å². The van der Waals surface area contributed by atoms with Crippen LogP contribution in [0.1, 0.15) is 51.9 Å². The van der Waals surface area contributed by atoms with Gasteiger partial charge in [0.25, 0.3) is 0 Å². The lowest BCUT2D eigenvalue weighted by atomic mass is 9.48. The van der Waals surface area contributed by atoms with Crippen LogP contribution in [0.3, 0.4) is 0 Å². The van der Waals surface area contributed by atoms with Crippen LogP contribution >= 0.6 is 0 Å². The molecule has 0 radical (unpaired) electrons. The zero-order valence-corrected chi connectivity index (χ0v) is 16.0. The Bertz CT molecular complexity index is 604. The first kappa shape index (κ1) is 17.7. The van der Waals surface area contributed by atoms with Crippen LogP contribution in [0.5, 0.6) is 11.5 Å². The molecule has 0 aliphatic heterocycles. The van der Waals surface area contributed by atoms with E-state index in [-0.39, 0.29) is 11.9 Å². The summed E-state index contributed by atoms with van der Waals surface area (Å²) in [6.45, 7) is 2.64. The molecule has 4 aliphatic carbocycles. The topological polar surface area (TPSA) is 47.6 Å². The summed E-state index contributed by atoms with van der Waals surface area (Å²) in [6.07, 6.45) is 8.69. The van der Waals surface area contributed by atoms with Gasteiger partial charge < -0.3 is 14.8 Å². The maximum Gasteiger partial charge on any atom is 0.223 e. The molecule has 0 spiro atoms. The molecule has 1 aromatic rings. The molecule has 0 heterocycles. The van der Waals surface area contributed by atoms with Gasteiger partial charge in [-0.1, -0.05) is 0 Å². The highest BCUT2D eigenvalue weighted by Crippen LogP contribution is 2.61. The summed E-state index contributed by atoms with van der Waals surface area (Å²) in [4.78, 5) is 12.4. The maximum atomic E-state index is 12.4. The molecule has 5 rings (SSSR count). The van der Waals surface area contributed by atoms with E-state index in [0.29, 0.717) is 18.4 Å². The van der Waals surface area contributed by atoms with Crippen molar-refractivity contribution in [1.29, 1.82) is 0 Å². The Morgan fingerprint density at radius 2 is 1.62 bits per heavy atom. The molecule has 0 aromatic heterocycles. The van der Waals surface area contributed by atoms with Crippen molar-refractivity contribution in [3.63, 3.8) is 0 Å². The second-order valence-electron chi connectivity index (χ2n) is 8.84. The molecular formula is C22H31NO3. The first-order valence-corrected chi connectivity index (χ1v) is 10.1. The predicted octanol–water partition coefficient (Wildman–Crippen LogP) is 4.19. The van der Waals surface area contributed by atoms with Gasteiger partial charge in [0.05, 0.1) is 20.1 Å². The molecule has 4 heteroatoms. The van der Waals surface area contributed by atoms with Crippen LogP contribution in [0, 0.1) is 23.2 Å². The fourth-order valence-electron chi connectivity index (χ4n) is 6.11. The van der Waals surface area contributed by atoms with Crippen LogP contribution in [-0.4, -0.2) is 25.7 Å². The number of amides is 1. The van der Waals surface area contributed by atoms with Gasteiger partial charge in [-0.3, -0.25) is 4.79 Å².